The van der Waals surface area contributed by atoms with Crippen molar-refractivity contribution < 1.29 is 9.90 Å². The molecule has 1 unspecified atom stereocenters. The molecule has 0 spiro atoms. The lowest BCUT2D eigenvalue weighted by atomic mass is 10.1. The quantitative estimate of drug-likeness (QED) is 0.815. The molecule has 0 fully saturated rings. The molecule has 24 heavy (non-hydrogen) atoms. The molecular weight excluding hydrogens is 349 g/mol. The second-order valence-electron chi connectivity index (χ2n) is 5.46. The lowest BCUT2D eigenvalue weighted by Crippen LogP contribution is -2.36. The Morgan fingerprint density at radius 1 is 1.25 bits per heavy atom. The predicted octanol–water partition coefficient (Wildman–Crippen LogP) is 3.30. The number of rotatable bonds is 7. The van der Waals surface area contributed by atoms with Crippen molar-refractivity contribution in [2.45, 2.75) is 25.9 Å². The summed E-state index contributed by atoms with van der Waals surface area (Å²) in [5, 5.41) is 18.6. The first-order valence-electron chi connectivity index (χ1n) is 7.67. The van der Waals surface area contributed by atoms with E-state index in [0.29, 0.717) is 22.2 Å². The van der Waals surface area contributed by atoms with Crippen LogP contribution < -0.4 is 0 Å². The van der Waals surface area contributed by atoms with Crippen molar-refractivity contribution in [3.63, 3.8) is 0 Å². The number of aliphatic hydroxyl groups is 1. The molecule has 0 aliphatic carbocycles. The molecule has 1 amide bonds. The third-order valence-corrected chi connectivity index (χ3v) is 4.31. The number of carbonyl (C=O) groups excluding carboxylic acids is 1. The molecular formula is C17H19Cl2N3O2. The molecule has 1 aromatic carbocycles. The van der Waals surface area contributed by atoms with Gasteiger partial charge in [-0.2, -0.15) is 10.2 Å². The van der Waals surface area contributed by atoms with Gasteiger partial charge in [0.1, 0.15) is 0 Å². The zero-order valence-electron chi connectivity index (χ0n) is 13.3. The summed E-state index contributed by atoms with van der Waals surface area (Å²) in [6, 6.07) is 6.83. The van der Waals surface area contributed by atoms with Crippen molar-refractivity contribution >= 4 is 29.1 Å². The Morgan fingerprint density at radius 2 is 2.04 bits per heavy atom. The van der Waals surface area contributed by atoms with Crippen LogP contribution in [-0.2, 0) is 11.2 Å². The molecule has 128 valence electrons. The summed E-state index contributed by atoms with van der Waals surface area (Å²) in [6.45, 7) is 2.76. The molecule has 1 heterocycles. The number of aromatic nitrogens is 2. The molecule has 0 aliphatic heterocycles. The van der Waals surface area contributed by atoms with E-state index in [1.807, 2.05) is 6.92 Å². The fourth-order valence-electron chi connectivity index (χ4n) is 2.34. The van der Waals surface area contributed by atoms with Crippen LogP contribution in [-0.4, -0.2) is 39.2 Å². The van der Waals surface area contributed by atoms with E-state index in [2.05, 4.69) is 10.2 Å². The Kier molecular flexibility index (Phi) is 6.97. The van der Waals surface area contributed by atoms with Crippen LogP contribution >= 0.6 is 23.2 Å². The van der Waals surface area contributed by atoms with Crippen LogP contribution in [0.1, 0.15) is 30.6 Å². The summed E-state index contributed by atoms with van der Waals surface area (Å²) < 4.78 is 0. The third-order valence-electron chi connectivity index (χ3n) is 3.57. The van der Waals surface area contributed by atoms with Crippen molar-refractivity contribution in [1.29, 1.82) is 0 Å². The zero-order valence-corrected chi connectivity index (χ0v) is 14.8. The maximum atomic E-state index is 12.6. The first-order valence-corrected chi connectivity index (χ1v) is 8.43. The summed E-state index contributed by atoms with van der Waals surface area (Å²) in [4.78, 5) is 14.2. The molecule has 0 saturated heterocycles. The molecule has 1 aromatic heterocycles. The minimum atomic E-state index is -0.801. The van der Waals surface area contributed by atoms with E-state index in [1.54, 1.807) is 29.2 Å². The summed E-state index contributed by atoms with van der Waals surface area (Å²) in [5.41, 5.74) is 1.42. The molecule has 0 aliphatic rings. The highest BCUT2D eigenvalue weighted by molar-refractivity contribution is 6.42. The van der Waals surface area contributed by atoms with Crippen molar-refractivity contribution in [2.75, 3.05) is 13.1 Å². The molecule has 0 saturated carbocycles. The first kappa shape index (κ1) is 18.6. The van der Waals surface area contributed by atoms with Gasteiger partial charge in [0.05, 0.1) is 35.3 Å². The van der Waals surface area contributed by atoms with Crippen LogP contribution in [0.15, 0.2) is 36.7 Å². The van der Waals surface area contributed by atoms with Gasteiger partial charge in [-0.15, -0.1) is 0 Å². The van der Waals surface area contributed by atoms with Crippen molar-refractivity contribution in [2.24, 2.45) is 0 Å². The molecule has 1 atom stereocenters. The molecule has 5 nitrogen and oxygen atoms in total. The Hall–Kier alpha value is -1.69. The van der Waals surface area contributed by atoms with Crippen molar-refractivity contribution in [3.05, 3.63) is 57.8 Å². The highest BCUT2D eigenvalue weighted by atomic mass is 35.5. The maximum Gasteiger partial charge on any atom is 0.227 e. The van der Waals surface area contributed by atoms with Gasteiger partial charge < -0.3 is 10.0 Å². The van der Waals surface area contributed by atoms with Gasteiger partial charge in [-0.3, -0.25) is 4.79 Å². The van der Waals surface area contributed by atoms with Crippen LogP contribution in [0.2, 0.25) is 10.0 Å². The third kappa shape index (κ3) is 5.16. The Balaban J connectivity index is 2.05. The van der Waals surface area contributed by atoms with E-state index in [0.717, 1.165) is 12.0 Å². The predicted molar refractivity (Wildman–Crippen MR) is 94.0 cm³/mol. The van der Waals surface area contributed by atoms with E-state index in [4.69, 9.17) is 23.2 Å². The molecule has 2 rings (SSSR count). The number of benzene rings is 1. The lowest BCUT2D eigenvalue weighted by molar-refractivity contribution is -0.132. The highest BCUT2D eigenvalue weighted by Gasteiger charge is 2.19. The number of halogens is 2. The van der Waals surface area contributed by atoms with Crippen molar-refractivity contribution in [1.82, 2.24) is 15.1 Å². The maximum absolute atomic E-state index is 12.6. The highest BCUT2D eigenvalue weighted by Crippen LogP contribution is 2.23. The minimum absolute atomic E-state index is 0.0729. The number of carbonyl (C=O) groups is 1. The second kappa shape index (κ2) is 8.97. The summed E-state index contributed by atoms with van der Waals surface area (Å²) >= 11 is 11.9. The largest absolute Gasteiger partial charge is 0.386 e. The standard InChI is InChI=1S/C17H19Cl2N3O2/c1-2-7-22(11-16(23)13-5-6-20-21-10-13)17(24)9-12-3-4-14(18)15(19)8-12/h3-6,8,10,16,23H,2,7,9,11H2,1H3. The number of amides is 1. The van der Waals surface area contributed by atoms with Gasteiger partial charge >= 0.3 is 0 Å². The van der Waals surface area contributed by atoms with Gasteiger partial charge in [0, 0.05) is 18.3 Å². The van der Waals surface area contributed by atoms with Gasteiger partial charge in [-0.1, -0.05) is 36.2 Å². The van der Waals surface area contributed by atoms with E-state index >= 15 is 0 Å². The van der Waals surface area contributed by atoms with Gasteiger partial charge in [-0.05, 0) is 30.2 Å². The summed E-state index contributed by atoms with van der Waals surface area (Å²) in [7, 11) is 0. The molecule has 2 aromatic rings. The second-order valence-corrected chi connectivity index (χ2v) is 6.27. The van der Waals surface area contributed by atoms with Crippen molar-refractivity contribution in [3.8, 4) is 0 Å². The molecule has 7 heteroatoms. The number of hydrogen-bond acceptors (Lipinski definition) is 4. The smallest absolute Gasteiger partial charge is 0.227 e. The van der Waals surface area contributed by atoms with E-state index in [-0.39, 0.29) is 18.9 Å². The lowest BCUT2D eigenvalue weighted by Gasteiger charge is -2.25. The van der Waals surface area contributed by atoms with Gasteiger partial charge in [0.15, 0.2) is 0 Å². The van der Waals surface area contributed by atoms with Crippen LogP contribution in [0.4, 0.5) is 0 Å². The normalized spacial score (nSPS) is 12.0. The monoisotopic (exact) mass is 367 g/mol. The van der Waals surface area contributed by atoms with E-state index in [1.165, 1.54) is 12.4 Å². The van der Waals surface area contributed by atoms with Crippen LogP contribution in [0.25, 0.3) is 0 Å². The Morgan fingerprint density at radius 3 is 2.67 bits per heavy atom. The topological polar surface area (TPSA) is 66.3 Å². The van der Waals surface area contributed by atoms with E-state index in [9.17, 15) is 9.90 Å². The van der Waals surface area contributed by atoms with Gasteiger partial charge in [0.2, 0.25) is 5.91 Å². The van der Waals surface area contributed by atoms with E-state index < -0.39 is 6.10 Å². The Labute approximate surface area is 151 Å². The first-order chi connectivity index (χ1) is 11.5. The minimum Gasteiger partial charge on any atom is -0.386 e. The average molecular weight is 368 g/mol. The molecule has 0 radical (unpaired) electrons. The molecule has 1 N–H and O–H groups in total. The fourth-order valence-corrected chi connectivity index (χ4v) is 2.66. The average Bonchev–Trinajstić information content (AvgIpc) is 2.58. The van der Waals surface area contributed by atoms with Crippen LogP contribution in [0, 0.1) is 0 Å². The number of hydrogen-bond donors (Lipinski definition) is 1. The van der Waals surface area contributed by atoms with Gasteiger partial charge in [0.25, 0.3) is 0 Å². The van der Waals surface area contributed by atoms with Crippen LogP contribution in [0.3, 0.4) is 0 Å². The molecule has 0 bridgehead atoms. The van der Waals surface area contributed by atoms with Crippen LogP contribution in [0.5, 0.6) is 0 Å². The Bertz CT molecular complexity index is 683. The zero-order chi connectivity index (χ0) is 17.5. The number of nitrogens with zero attached hydrogens (tertiary/aromatic N) is 3. The van der Waals surface area contributed by atoms with Gasteiger partial charge in [-0.25, -0.2) is 0 Å². The number of aliphatic hydroxyl groups excluding tert-OH is 1. The summed E-state index contributed by atoms with van der Waals surface area (Å²) in [6.07, 6.45) is 3.22. The SMILES string of the molecule is CCCN(CC(O)c1ccnnc1)C(=O)Cc1ccc(Cl)c(Cl)c1. The summed E-state index contributed by atoms with van der Waals surface area (Å²) in [5.74, 6) is -0.0729. The fraction of sp³-hybridized carbons (Fsp3) is 0.353.